The number of hydrogen-bond acceptors (Lipinski definition) is 2. The fraction of sp³-hybridized carbons (Fsp3) is 0.273. The van der Waals surface area contributed by atoms with Gasteiger partial charge in [-0.1, -0.05) is 11.6 Å². The summed E-state index contributed by atoms with van der Waals surface area (Å²) in [4.78, 5) is 18.2. The van der Waals surface area contributed by atoms with E-state index in [4.69, 9.17) is 11.6 Å². The number of halogens is 1. The van der Waals surface area contributed by atoms with Gasteiger partial charge in [0.15, 0.2) is 0 Å². The number of H-pyrrole nitrogens is 1. The molecule has 2 heterocycles. The Balaban J connectivity index is 2.41. The van der Waals surface area contributed by atoms with Crippen LogP contribution in [0.5, 0.6) is 0 Å². The smallest absolute Gasteiger partial charge is 0.257 e. The van der Waals surface area contributed by atoms with Crippen molar-refractivity contribution in [3.63, 3.8) is 0 Å². The van der Waals surface area contributed by atoms with E-state index in [0.29, 0.717) is 16.5 Å². The van der Waals surface area contributed by atoms with Crippen LogP contribution in [-0.2, 0) is 0 Å². The van der Waals surface area contributed by atoms with Gasteiger partial charge in [-0.05, 0) is 35.8 Å². The van der Waals surface area contributed by atoms with Crippen LogP contribution in [0.25, 0.3) is 10.8 Å². The molecular weight excluding hydrogens is 212 g/mol. The van der Waals surface area contributed by atoms with Crippen LogP contribution in [0.2, 0.25) is 5.15 Å². The summed E-state index contributed by atoms with van der Waals surface area (Å²) in [5.41, 5.74) is 1.09. The summed E-state index contributed by atoms with van der Waals surface area (Å²) in [5, 5.41) is 2.01. The third-order valence-corrected chi connectivity index (χ3v) is 3.01. The standard InChI is InChI=1S/C11H9ClN2O/c12-10-3-7-8(6-1-2-6)4-14-11(15)9(7)5-13-10/h3-6H,1-2H2,(H,14,15). The summed E-state index contributed by atoms with van der Waals surface area (Å²) >= 11 is 5.84. The molecule has 0 unspecified atom stereocenters. The van der Waals surface area contributed by atoms with Crippen molar-refractivity contribution in [1.82, 2.24) is 9.97 Å². The number of aromatic amines is 1. The second-order valence-corrected chi connectivity index (χ2v) is 4.29. The van der Waals surface area contributed by atoms with Gasteiger partial charge in [0.05, 0.1) is 5.39 Å². The van der Waals surface area contributed by atoms with Crippen molar-refractivity contribution in [2.45, 2.75) is 18.8 Å². The maximum Gasteiger partial charge on any atom is 0.257 e. The second-order valence-electron chi connectivity index (χ2n) is 3.90. The van der Waals surface area contributed by atoms with E-state index in [1.807, 2.05) is 0 Å². The van der Waals surface area contributed by atoms with E-state index in [1.165, 1.54) is 18.4 Å². The van der Waals surface area contributed by atoms with Crippen LogP contribution in [-0.4, -0.2) is 9.97 Å². The number of nitrogens with one attached hydrogen (secondary N) is 1. The van der Waals surface area contributed by atoms with Crippen LogP contribution < -0.4 is 5.56 Å². The molecule has 0 atom stereocenters. The van der Waals surface area contributed by atoms with Crippen LogP contribution >= 0.6 is 11.6 Å². The molecular formula is C11H9ClN2O. The number of nitrogens with zero attached hydrogens (tertiary/aromatic N) is 1. The average molecular weight is 221 g/mol. The summed E-state index contributed by atoms with van der Waals surface area (Å²) in [7, 11) is 0. The van der Waals surface area contributed by atoms with Gasteiger partial charge in [-0.3, -0.25) is 4.79 Å². The normalized spacial score (nSPS) is 15.8. The molecule has 15 heavy (non-hydrogen) atoms. The van der Waals surface area contributed by atoms with Crippen molar-refractivity contribution in [1.29, 1.82) is 0 Å². The number of aromatic nitrogens is 2. The van der Waals surface area contributed by atoms with Crippen LogP contribution in [0.4, 0.5) is 0 Å². The highest BCUT2D eigenvalue weighted by Crippen LogP contribution is 2.42. The molecule has 0 spiro atoms. The minimum Gasteiger partial charge on any atom is -0.328 e. The first-order valence-corrected chi connectivity index (χ1v) is 5.30. The number of fused-ring (bicyclic) bond motifs is 1. The van der Waals surface area contributed by atoms with Gasteiger partial charge in [-0.15, -0.1) is 0 Å². The highest BCUT2D eigenvalue weighted by molar-refractivity contribution is 6.30. The van der Waals surface area contributed by atoms with Crippen molar-refractivity contribution < 1.29 is 0 Å². The molecule has 1 N–H and O–H groups in total. The third-order valence-electron chi connectivity index (χ3n) is 2.80. The minimum atomic E-state index is -0.0985. The zero-order chi connectivity index (χ0) is 10.4. The van der Waals surface area contributed by atoms with Crippen molar-refractivity contribution in [2.75, 3.05) is 0 Å². The minimum absolute atomic E-state index is 0.0985. The van der Waals surface area contributed by atoms with E-state index < -0.39 is 0 Å². The highest BCUT2D eigenvalue weighted by atomic mass is 35.5. The summed E-state index contributed by atoms with van der Waals surface area (Å²) in [5.74, 6) is 0.586. The van der Waals surface area contributed by atoms with E-state index in [0.717, 1.165) is 5.39 Å². The summed E-state index contributed by atoms with van der Waals surface area (Å²) in [6.45, 7) is 0. The predicted molar refractivity (Wildman–Crippen MR) is 59.3 cm³/mol. The first-order chi connectivity index (χ1) is 7.25. The Labute approximate surface area is 91.1 Å². The Morgan fingerprint density at radius 2 is 2.20 bits per heavy atom. The van der Waals surface area contributed by atoms with Crippen molar-refractivity contribution >= 4 is 22.4 Å². The molecule has 3 rings (SSSR count). The largest absolute Gasteiger partial charge is 0.328 e. The van der Waals surface area contributed by atoms with Gasteiger partial charge in [0.1, 0.15) is 5.15 Å². The molecule has 1 aliphatic rings. The third kappa shape index (κ3) is 1.43. The topological polar surface area (TPSA) is 45.8 Å². The molecule has 76 valence electrons. The molecule has 3 nitrogen and oxygen atoms in total. The van der Waals surface area contributed by atoms with Crippen molar-refractivity contribution in [3.8, 4) is 0 Å². The van der Waals surface area contributed by atoms with Crippen LogP contribution in [0.3, 0.4) is 0 Å². The van der Waals surface area contributed by atoms with Gasteiger partial charge >= 0.3 is 0 Å². The molecule has 0 aromatic carbocycles. The Hall–Kier alpha value is -1.35. The maximum absolute atomic E-state index is 11.5. The molecule has 0 aliphatic heterocycles. The first kappa shape index (κ1) is 8.92. The number of pyridine rings is 2. The molecule has 2 aromatic heterocycles. The van der Waals surface area contributed by atoms with Crippen LogP contribution in [0.1, 0.15) is 24.3 Å². The fourth-order valence-corrected chi connectivity index (χ4v) is 2.04. The van der Waals surface area contributed by atoms with Gasteiger partial charge < -0.3 is 4.98 Å². The van der Waals surface area contributed by atoms with E-state index in [2.05, 4.69) is 9.97 Å². The quantitative estimate of drug-likeness (QED) is 0.751. The number of rotatable bonds is 1. The Bertz CT molecular complexity index is 587. The van der Waals surface area contributed by atoms with Crippen molar-refractivity contribution in [2.24, 2.45) is 0 Å². The molecule has 1 saturated carbocycles. The lowest BCUT2D eigenvalue weighted by molar-refractivity contribution is 1.10. The molecule has 0 amide bonds. The molecule has 2 aromatic rings. The second kappa shape index (κ2) is 3.07. The number of hydrogen-bond donors (Lipinski definition) is 1. The van der Waals surface area contributed by atoms with Gasteiger partial charge in [0.2, 0.25) is 0 Å². The van der Waals surface area contributed by atoms with E-state index in [-0.39, 0.29) is 5.56 Å². The monoisotopic (exact) mass is 220 g/mol. The molecule has 4 heteroatoms. The Kier molecular flexibility index (Phi) is 1.83. The molecule has 1 aliphatic carbocycles. The summed E-state index contributed by atoms with van der Waals surface area (Å²) in [6, 6.07) is 1.78. The highest BCUT2D eigenvalue weighted by Gasteiger charge is 2.26. The fourth-order valence-electron chi connectivity index (χ4n) is 1.88. The lowest BCUT2D eigenvalue weighted by Gasteiger charge is -2.03. The van der Waals surface area contributed by atoms with E-state index in [9.17, 15) is 4.79 Å². The molecule has 0 saturated heterocycles. The zero-order valence-electron chi connectivity index (χ0n) is 7.96. The summed E-state index contributed by atoms with van der Waals surface area (Å²) < 4.78 is 0. The van der Waals surface area contributed by atoms with Gasteiger partial charge in [-0.25, -0.2) is 4.98 Å². The first-order valence-electron chi connectivity index (χ1n) is 4.92. The van der Waals surface area contributed by atoms with Crippen molar-refractivity contribution in [3.05, 3.63) is 39.5 Å². The maximum atomic E-state index is 11.5. The molecule has 0 bridgehead atoms. The average Bonchev–Trinajstić information content (AvgIpc) is 3.02. The molecule has 0 radical (unpaired) electrons. The van der Waals surface area contributed by atoms with Gasteiger partial charge in [0.25, 0.3) is 5.56 Å². The zero-order valence-corrected chi connectivity index (χ0v) is 8.71. The SMILES string of the molecule is O=c1[nH]cc(C2CC2)c2cc(Cl)ncc12. The van der Waals surface area contributed by atoms with E-state index in [1.54, 1.807) is 18.5 Å². The van der Waals surface area contributed by atoms with Crippen LogP contribution in [0.15, 0.2) is 23.3 Å². The van der Waals surface area contributed by atoms with Crippen LogP contribution in [0, 0.1) is 0 Å². The lowest BCUT2D eigenvalue weighted by atomic mass is 10.1. The summed E-state index contributed by atoms with van der Waals surface area (Å²) in [6.07, 6.45) is 5.74. The predicted octanol–water partition coefficient (Wildman–Crippen LogP) is 2.45. The molecule has 1 fully saturated rings. The Morgan fingerprint density at radius 1 is 1.40 bits per heavy atom. The van der Waals surface area contributed by atoms with Gasteiger partial charge in [-0.2, -0.15) is 0 Å². The van der Waals surface area contributed by atoms with Gasteiger partial charge in [0, 0.05) is 12.4 Å². The lowest BCUT2D eigenvalue weighted by Crippen LogP contribution is -2.07. The van der Waals surface area contributed by atoms with E-state index >= 15 is 0 Å². The Morgan fingerprint density at radius 3 is 2.93 bits per heavy atom.